The second-order valence-electron chi connectivity index (χ2n) is 8.77. The summed E-state index contributed by atoms with van der Waals surface area (Å²) in [6, 6.07) is 9.90. The Morgan fingerprint density at radius 2 is 2.00 bits per heavy atom. The van der Waals surface area contributed by atoms with Crippen molar-refractivity contribution in [1.82, 2.24) is 20.0 Å². The fourth-order valence-electron chi connectivity index (χ4n) is 4.02. The standard InChI is InChI=1S/C22H30N4O2/c1-22(2,3)26-18(15-9-10-15)13-17(24-26)21(27)25-12-11-23-14-19(25)16-7-5-6-8-20(16)28-4/h5-8,13,15,19,23H,9-12,14H2,1-4H3. The van der Waals surface area contributed by atoms with Crippen molar-refractivity contribution >= 4 is 5.91 Å². The maximum Gasteiger partial charge on any atom is 0.274 e. The molecule has 150 valence electrons. The third kappa shape index (κ3) is 3.53. The lowest BCUT2D eigenvalue weighted by atomic mass is 10.0. The lowest BCUT2D eigenvalue weighted by Crippen LogP contribution is -2.49. The van der Waals surface area contributed by atoms with Crippen LogP contribution in [0.25, 0.3) is 0 Å². The van der Waals surface area contributed by atoms with Crippen molar-refractivity contribution in [3.8, 4) is 5.75 Å². The molecule has 1 aromatic carbocycles. The van der Waals surface area contributed by atoms with E-state index in [1.54, 1.807) is 7.11 Å². The first kappa shape index (κ1) is 19.0. The number of carbonyl (C=O) groups excluding carboxylic acids is 1. The third-order valence-electron chi connectivity index (χ3n) is 5.59. The number of rotatable bonds is 4. The summed E-state index contributed by atoms with van der Waals surface area (Å²) >= 11 is 0. The van der Waals surface area contributed by atoms with E-state index in [-0.39, 0.29) is 17.5 Å². The molecule has 0 radical (unpaired) electrons. The molecule has 1 aromatic heterocycles. The minimum atomic E-state index is -0.137. The molecule has 1 saturated heterocycles. The van der Waals surface area contributed by atoms with Gasteiger partial charge in [0.25, 0.3) is 5.91 Å². The Morgan fingerprint density at radius 3 is 2.68 bits per heavy atom. The molecule has 6 heteroatoms. The number of nitrogens with zero attached hydrogens (tertiary/aromatic N) is 3. The van der Waals surface area contributed by atoms with Gasteiger partial charge in [-0.3, -0.25) is 9.48 Å². The van der Waals surface area contributed by atoms with Gasteiger partial charge < -0.3 is 15.0 Å². The first-order chi connectivity index (χ1) is 13.4. The van der Waals surface area contributed by atoms with E-state index in [9.17, 15) is 4.79 Å². The van der Waals surface area contributed by atoms with Crippen molar-refractivity contribution in [2.75, 3.05) is 26.7 Å². The Bertz CT molecular complexity index is 864. The molecular weight excluding hydrogens is 352 g/mol. The van der Waals surface area contributed by atoms with E-state index < -0.39 is 0 Å². The van der Waals surface area contributed by atoms with Crippen molar-refractivity contribution in [2.24, 2.45) is 0 Å². The first-order valence-electron chi connectivity index (χ1n) is 10.1. The molecule has 2 fully saturated rings. The zero-order chi connectivity index (χ0) is 19.9. The molecule has 6 nitrogen and oxygen atoms in total. The van der Waals surface area contributed by atoms with Gasteiger partial charge in [-0.1, -0.05) is 18.2 Å². The number of piperazine rings is 1. The third-order valence-corrected chi connectivity index (χ3v) is 5.59. The number of amides is 1. The van der Waals surface area contributed by atoms with Crippen LogP contribution in [0.2, 0.25) is 0 Å². The lowest BCUT2D eigenvalue weighted by Gasteiger charge is -2.36. The highest BCUT2D eigenvalue weighted by Gasteiger charge is 2.36. The number of ether oxygens (including phenoxy) is 1. The maximum atomic E-state index is 13.5. The Kier molecular flexibility index (Phi) is 4.91. The monoisotopic (exact) mass is 382 g/mol. The van der Waals surface area contributed by atoms with E-state index in [4.69, 9.17) is 9.84 Å². The zero-order valence-corrected chi connectivity index (χ0v) is 17.2. The molecule has 0 bridgehead atoms. The minimum absolute atomic E-state index is 0.00214. The van der Waals surface area contributed by atoms with Gasteiger partial charge in [0.15, 0.2) is 5.69 Å². The second-order valence-corrected chi connectivity index (χ2v) is 8.77. The molecular formula is C22H30N4O2. The van der Waals surface area contributed by atoms with Gasteiger partial charge in [0.2, 0.25) is 0 Å². The SMILES string of the molecule is COc1ccccc1C1CNCCN1C(=O)c1cc(C2CC2)n(C(C)(C)C)n1. The van der Waals surface area contributed by atoms with Gasteiger partial charge in [0.1, 0.15) is 5.75 Å². The molecule has 1 unspecified atom stereocenters. The Hall–Kier alpha value is -2.34. The summed E-state index contributed by atoms with van der Waals surface area (Å²) in [5.41, 5.74) is 2.64. The normalized spacial score (nSPS) is 20.3. The van der Waals surface area contributed by atoms with Crippen LogP contribution < -0.4 is 10.1 Å². The minimum Gasteiger partial charge on any atom is -0.496 e. The predicted octanol–water partition coefficient (Wildman–Crippen LogP) is 3.31. The van der Waals surface area contributed by atoms with Crippen LogP contribution in [-0.2, 0) is 5.54 Å². The highest BCUT2D eigenvalue weighted by Crippen LogP contribution is 2.42. The highest BCUT2D eigenvalue weighted by atomic mass is 16.5. The summed E-state index contributed by atoms with van der Waals surface area (Å²) < 4.78 is 7.61. The number of benzene rings is 1. The Balaban J connectivity index is 1.68. The fraction of sp³-hybridized carbons (Fsp3) is 0.545. The number of methoxy groups -OCH3 is 1. The van der Waals surface area contributed by atoms with Crippen molar-refractivity contribution < 1.29 is 9.53 Å². The average Bonchev–Trinajstić information content (AvgIpc) is 3.44. The molecule has 2 aliphatic rings. The highest BCUT2D eigenvalue weighted by molar-refractivity contribution is 5.93. The molecule has 1 aliphatic carbocycles. The van der Waals surface area contributed by atoms with Gasteiger partial charge >= 0.3 is 0 Å². The van der Waals surface area contributed by atoms with E-state index >= 15 is 0 Å². The van der Waals surface area contributed by atoms with E-state index in [0.717, 1.165) is 17.9 Å². The van der Waals surface area contributed by atoms with Crippen molar-refractivity contribution in [3.05, 3.63) is 47.3 Å². The van der Waals surface area contributed by atoms with E-state index in [1.165, 1.54) is 18.5 Å². The smallest absolute Gasteiger partial charge is 0.274 e. The van der Waals surface area contributed by atoms with Crippen LogP contribution in [0, 0.1) is 0 Å². The summed E-state index contributed by atoms with van der Waals surface area (Å²) in [6.07, 6.45) is 2.37. The molecule has 28 heavy (non-hydrogen) atoms. The summed E-state index contributed by atoms with van der Waals surface area (Å²) in [5, 5.41) is 8.18. The van der Waals surface area contributed by atoms with Crippen molar-refractivity contribution in [2.45, 2.75) is 51.1 Å². The largest absolute Gasteiger partial charge is 0.496 e. The summed E-state index contributed by atoms with van der Waals surface area (Å²) in [4.78, 5) is 15.4. The number of para-hydroxylation sites is 1. The Morgan fingerprint density at radius 1 is 1.25 bits per heavy atom. The quantitative estimate of drug-likeness (QED) is 0.881. The molecule has 1 N–H and O–H groups in total. The average molecular weight is 383 g/mol. The van der Waals surface area contributed by atoms with Gasteiger partial charge in [-0.2, -0.15) is 5.10 Å². The molecule has 1 amide bonds. The van der Waals surface area contributed by atoms with Crippen LogP contribution in [0.1, 0.15) is 67.3 Å². The van der Waals surface area contributed by atoms with Crippen LogP contribution in [0.3, 0.4) is 0 Å². The van der Waals surface area contributed by atoms with Crippen LogP contribution >= 0.6 is 0 Å². The maximum absolute atomic E-state index is 13.5. The summed E-state index contributed by atoms with van der Waals surface area (Å²) in [7, 11) is 1.67. The zero-order valence-electron chi connectivity index (χ0n) is 17.2. The van der Waals surface area contributed by atoms with Crippen LogP contribution in [0.15, 0.2) is 30.3 Å². The van der Waals surface area contributed by atoms with Crippen LogP contribution in [0.4, 0.5) is 0 Å². The van der Waals surface area contributed by atoms with Crippen molar-refractivity contribution in [1.29, 1.82) is 0 Å². The number of hydrogen-bond acceptors (Lipinski definition) is 4. The van der Waals surface area contributed by atoms with E-state index in [0.29, 0.717) is 24.7 Å². The van der Waals surface area contributed by atoms with Crippen LogP contribution in [-0.4, -0.2) is 47.3 Å². The fourth-order valence-corrected chi connectivity index (χ4v) is 4.02. The topological polar surface area (TPSA) is 59.4 Å². The van der Waals surface area contributed by atoms with Crippen LogP contribution in [0.5, 0.6) is 5.75 Å². The molecule has 1 saturated carbocycles. The first-order valence-corrected chi connectivity index (χ1v) is 10.1. The molecule has 2 aromatic rings. The summed E-state index contributed by atoms with van der Waals surface area (Å²) in [5.74, 6) is 1.36. The molecule has 1 atom stereocenters. The number of nitrogens with one attached hydrogen (secondary N) is 1. The Labute approximate surface area is 166 Å². The molecule has 0 spiro atoms. The van der Waals surface area contributed by atoms with Gasteiger partial charge in [0, 0.05) is 36.8 Å². The van der Waals surface area contributed by atoms with Gasteiger partial charge in [-0.05, 0) is 45.7 Å². The van der Waals surface area contributed by atoms with E-state index in [2.05, 4.69) is 30.8 Å². The number of carbonyl (C=O) groups is 1. The summed E-state index contributed by atoms with van der Waals surface area (Å²) in [6.45, 7) is 8.57. The number of hydrogen-bond donors (Lipinski definition) is 1. The molecule has 1 aliphatic heterocycles. The van der Waals surface area contributed by atoms with Gasteiger partial charge in [-0.15, -0.1) is 0 Å². The number of aromatic nitrogens is 2. The van der Waals surface area contributed by atoms with Crippen molar-refractivity contribution in [3.63, 3.8) is 0 Å². The van der Waals surface area contributed by atoms with E-state index in [1.807, 2.05) is 35.2 Å². The van der Waals surface area contributed by atoms with Gasteiger partial charge in [0.05, 0.1) is 18.7 Å². The second kappa shape index (κ2) is 7.24. The molecule has 4 rings (SSSR count). The van der Waals surface area contributed by atoms with Gasteiger partial charge in [-0.25, -0.2) is 0 Å². The predicted molar refractivity (Wildman–Crippen MR) is 109 cm³/mol. The lowest BCUT2D eigenvalue weighted by molar-refractivity contribution is 0.0624. The molecule has 2 heterocycles.